The zero-order valence-electron chi connectivity index (χ0n) is 11.4. The molecule has 2 aromatic rings. The molecule has 0 fully saturated rings. The second-order valence-electron chi connectivity index (χ2n) is 4.80. The van der Waals surface area contributed by atoms with Crippen LogP contribution in [0, 0.1) is 0 Å². The third-order valence-corrected chi connectivity index (χ3v) is 3.86. The van der Waals surface area contributed by atoms with Crippen molar-refractivity contribution in [2.75, 3.05) is 7.11 Å². The topological polar surface area (TPSA) is 63.7 Å². The van der Waals surface area contributed by atoms with Crippen LogP contribution < -0.4 is 4.74 Å². The lowest BCUT2D eigenvalue weighted by atomic mass is 10.1. The monoisotopic (exact) mass is 360 g/mol. The summed E-state index contributed by atoms with van der Waals surface area (Å²) in [5.41, 5.74) is 1.85. The number of carbonyl (C=O) groups is 1. The van der Waals surface area contributed by atoms with E-state index in [9.17, 15) is 4.79 Å². The van der Waals surface area contributed by atoms with Crippen LogP contribution in [0.2, 0.25) is 0 Å². The van der Waals surface area contributed by atoms with E-state index in [1.807, 2.05) is 24.4 Å². The van der Waals surface area contributed by atoms with Gasteiger partial charge in [0.15, 0.2) is 6.04 Å². The minimum absolute atomic E-state index is 0.190. The van der Waals surface area contributed by atoms with Gasteiger partial charge in [0, 0.05) is 23.5 Å². The Bertz CT molecular complexity index is 764. The molecule has 1 aliphatic heterocycles. The second kappa shape index (κ2) is 5.65. The number of esters is 1. The number of methoxy groups -OCH3 is 1. The number of hydrogen-bond donors (Lipinski definition) is 1. The molecule has 1 aromatic heterocycles. The van der Waals surface area contributed by atoms with Gasteiger partial charge in [-0.05, 0) is 23.8 Å². The van der Waals surface area contributed by atoms with Crippen LogP contribution in [0.4, 0.5) is 0 Å². The van der Waals surface area contributed by atoms with Gasteiger partial charge in [-0.1, -0.05) is 34.8 Å². The zero-order valence-corrected chi connectivity index (χ0v) is 13.7. The SMILES string of the molecule is COc1ccc2[nH]cc(CC3N=C(C(Cl)(Cl)Cl)OC3=O)c2c1. The van der Waals surface area contributed by atoms with Crippen molar-refractivity contribution in [2.45, 2.75) is 16.3 Å². The van der Waals surface area contributed by atoms with E-state index in [1.54, 1.807) is 7.11 Å². The fraction of sp³-hybridized carbons (Fsp3) is 0.286. The molecule has 3 rings (SSSR count). The van der Waals surface area contributed by atoms with Crippen molar-refractivity contribution in [3.8, 4) is 5.75 Å². The van der Waals surface area contributed by atoms with Crippen molar-refractivity contribution >= 4 is 57.6 Å². The predicted octanol–water partition coefficient (Wildman–Crippen LogP) is 3.41. The van der Waals surface area contributed by atoms with E-state index < -0.39 is 15.8 Å². The fourth-order valence-corrected chi connectivity index (χ4v) is 2.57. The van der Waals surface area contributed by atoms with Crippen molar-refractivity contribution in [3.05, 3.63) is 30.0 Å². The average Bonchev–Trinajstić information content (AvgIpc) is 3.03. The number of ether oxygens (including phenoxy) is 2. The lowest BCUT2D eigenvalue weighted by Gasteiger charge is -2.07. The van der Waals surface area contributed by atoms with Crippen LogP contribution in [0.5, 0.6) is 5.75 Å². The Labute approximate surface area is 141 Å². The summed E-state index contributed by atoms with van der Waals surface area (Å²) < 4.78 is 8.30. The molecule has 8 heteroatoms. The number of aliphatic imine (C=N–C) groups is 1. The van der Waals surface area contributed by atoms with Crippen LogP contribution in [-0.2, 0) is 16.0 Å². The number of aromatic amines is 1. The van der Waals surface area contributed by atoms with Gasteiger partial charge in [-0.25, -0.2) is 9.79 Å². The molecule has 1 N–H and O–H groups in total. The fourth-order valence-electron chi connectivity index (χ4n) is 2.31. The van der Waals surface area contributed by atoms with Gasteiger partial charge in [0.05, 0.1) is 7.11 Å². The molecule has 0 saturated heterocycles. The van der Waals surface area contributed by atoms with Gasteiger partial charge in [-0.3, -0.25) is 0 Å². The summed E-state index contributed by atoms with van der Waals surface area (Å²) in [5, 5.41) is 0.949. The molecule has 22 heavy (non-hydrogen) atoms. The molecule has 0 radical (unpaired) electrons. The van der Waals surface area contributed by atoms with Crippen LogP contribution in [-0.4, -0.2) is 33.8 Å². The highest BCUT2D eigenvalue weighted by Gasteiger charge is 2.40. The van der Waals surface area contributed by atoms with E-state index in [1.165, 1.54) is 0 Å². The highest BCUT2D eigenvalue weighted by atomic mass is 35.6. The third kappa shape index (κ3) is 2.89. The Morgan fingerprint density at radius 2 is 2.18 bits per heavy atom. The van der Waals surface area contributed by atoms with Crippen LogP contribution >= 0.6 is 34.8 Å². The Morgan fingerprint density at radius 3 is 2.82 bits per heavy atom. The molecule has 0 aliphatic carbocycles. The molecule has 0 saturated carbocycles. The van der Waals surface area contributed by atoms with E-state index in [0.29, 0.717) is 6.42 Å². The number of fused-ring (bicyclic) bond motifs is 1. The van der Waals surface area contributed by atoms with E-state index in [2.05, 4.69) is 9.98 Å². The number of rotatable bonds is 3. The van der Waals surface area contributed by atoms with Crippen LogP contribution in [0.25, 0.3) is 10.9 Å². The number of carbonyl (C=O) groups excluding carboxylic acids is 1. The largest absolute Gasteiger partial charge is 0.497 e. The maximum Gasteiger partial charge on any atom is 0.337 e. The number of nitrogens with one attached hydrogen (secondary N) is 1. The Hall–Kier alpha value is -1.43. The number of benzene rings is 1. The summed E-state index contributed by atoms with van der Waals surface area (Å²) in [6.07, 6.45) is 2.16. The molecule has 0 amide bonds. The molecule has 0 spiro atoms. The second-order valence-corrected chi connectivity index (χ2v) is 7.08. The minimum Gasteiger partial charge on any atom is -0.497 e. The highest BCUT2D eigenvalue weighted by Crippen LogP contribution is 2.33. The first-order valence-corrected chi connectivity index (χ1v) is 7.52. The number of cyclic esters (lactones) is 1. The number of H-pyrrole nitrogens is 1. The lowest BCUT2D eigenvalue weighted by Crippen LogP contribution is -2.21. The molecule has 5 nitrogen and oxygen atoms in total. The maximum atomic E-state index is 11.9. The van der Waals surface area contributed by atoms with Gasteiger partial charge in [0.1, 0.15) is 5.75 Å². The van der Waals surface area contributed by atoms with Crippen molar-refractivity contribution in [1.82, 2.24) is 4.98 Å². The Kier molecular flexibility index (Phi) is 3.97. The van der Waals surface area contributed by atoms with Gasteiger partial charge >= 0.3 is 5.97 Å². The van der Waals surface area contributed by atoms with Gasteiger partial charge < -0.3 is 14.5 Å². The molecule has 0 bridgehead atoms. The summed E-state index contributed by atoms with van der Waals surface area (Å²) >= 11 is 17.1. The van der Waals surface area contributed by atoms with Crippen molar-refractivity contribution < 1.29 is 14.3 Å². The zero-order chi connectivity index (χ0) is 15.9. The first-order chi connectivity index (χ1) is 10.4. The molecular formula is C14H11Cl3N2O3. The first-order valence-electron chi connectivity index (χ1n) is 6.39. The first kappa shape index (κ1) is 15.5. The van der Waals surface area contributed by atoms with Gasteiger partial charge in [-0.15, -0.1) is 0 Å². The molecular weight excluding hydrogens is 351 g/mol. The highest BCUT2D eigenvalue weighted by molar-refractivity contribution is 6.76. The normalized spacial score (nSPS) is 18.5. The predicted molar refractivity (Wildman–Crippen MR) is 86.2 cm³/mol. The molecule has 1 aromatic carbocycles. The van der Waals surface area contributed by atoms with Crippen molar-refractivity contribution in [1.29, 1.82) is 0 Å². The van der Waals surface area contributed by atoms with E-state index >= 15 is 0 Å². The number of hydrogen-bond acceptors (Lipinski definition) is 4. The minimum atomic E-state index is -1.84. The molecule has 2 heterocycles. The summed E-state index contributed by atoms with van der Waals surface area (Å²) in [7, 11) is 1.60. The lowest BCUT2D eigenvalue weighted by molar-refractivity contribution is -0.135. The summed E-state index contributed by atoms with van der Waals surface area (Å²) in [5.74, 6) is 0.0105. The van der Waals surface area contributed by atoms with Crippen LogP contribution in [0.15, 0.2) is 29.4 Å². The van der Waals surface area contributed by atoms with Gasteiger partial charge in [0.2, 0.25) is 5.90 Å². The van der Waals surface area contributed by atoms with E-state index in [4.69, 9.17) is 44.3 Å². The van der Waals surface area contributed by atoms with Gasteiger partial charge in [0.25, 0.3) is 3.79 Å². The third-order valence-electron chi connectivity index (χ3n) is 3.37. The molecule has 1 aliphatic rings. The number of halogens is 3. The summed E-state index contributed by atoms with van der Waals surface area (Å²) in [6, 6.07) is 4.92. The van der Waals surface area contributed by atoms with E-state index in [0.717, 1.165) is 22.2 Å². The molecule has 116 valence electrons. The van der Waals surface area contributed by atoms with Crippen molar-refractivity contribution in [2.24, 2.45) is 4.99 Å². The van der Waals surface area contributed by atoms with Crippen molar-refractivity contribution in [3.63, 3.8) is 0 Å². The average molecular weight is 362 g/mol. The standard InChI is InChI=1S/C14H11Cl3N2O3/c1-21-8-2-3-10-9(5-8)7(6-18-10)4-11-12(20)22-13(19-11)14(15,16)17/h2-3,5-6,11,18H,4H2,1H3. The van der Waals surface area contributed by atoms with Gasteiger partial charge in [-0.2, -0.15) is 0 Å². The van der Waals surface area contributed by atoms with E-state index in [-0.39, 0.29) is 5.90 Å². The van der Waals surface area contributed by atoms with Crippen LogP contribution in [0.1, 0.15) is 5.56 Å². The number of nitrogens with zero attached hydrogens (tertiary/aromatic N) is 1. The maximum absolute atomic E-state index is 11.9. The summed E-state index contributed by atoms with van der Waals surface area (Å²) in [4.78, 5) is 19.1. The van der Waals surface area contributed by atoms with Crippen LogP contribution in [0.3, 0.4) is 0 Å². The number of alkyl halides is 3. The summed E-state index contributed by atoms with van der Waals surface area (Å²) in [6.45, 7) is 0. The number of aromatic nitrogens is 1. The quantitative estimate of drug-likeness (QED) is 0.673. The molecule has 1 atom stereocenters. The Morgan fingerprint density at radius 1 is 1.41 bits per heavy atom. The smallest absolute Gasteiger partial charge is 0.337 e. The Balaban J connectivity index is 1.90. The molecule has 1 unspecified atom stereocenters.